The summed E-state index contributed by atoms with van der Waals surface area (Å²) >= 11 is 10.6. The van der Waals surface area contributed by atoms with Crippen molar-refractivity contribution < 1.29 is 9.53 Å². The molecule has 1 aromatic rings. The highest BCUT2D eigenvalue weighted by atomic mass is 79.9. The zero-order valence-electron chi connectivity index (χ0n) is 14.0. The van der Waals surface area contributed by atoms with Gasteiger partial charge in [0.15, 0.2) is 0 Å². The van der Waals surface area contributed by atoms with Gasteiger partial charge in [-0.3, -0.25) is 0 Å². The van der Waals surface area contributed by atoms with Gasteiger partial charge in [0.25, 0.3) is 0 Å². The van der Waals surface area contributed by atoms with Crippen LogP contribution in [0.15, 0.2) is 28.7 Å². The average molecular weight is 424 g/mol. The number of benzene rings is 1. The fraction of sp³-hybridized carbons (Fsp3) is 0.562. The predicted molar refractivity (Wildman–Crippen MR) is 102 cm³/mol. The molecule has 0 N–H and O–H groups in total. The summed E-state index contributed by atoms with van der Waals surface area (Å²) in [5.41, 5.74) is -0.395. The van der Waals surface area contributed by atoms with Gasteiger partial charge in [0, 0.05) is 35.7 Å². The van der Waals surface area contributed by atoms with E-state index >= 15 is 0 Å². The molecule has 1 saturated heterocycles. The number of rotatable bonds is 1. The van der Waals surface area contributed by atoms with Crippen LogP contribution in [0.25, 0.3) is 0 Å². The molecule has 1 aromatic carbocycles. The van der Waals surface area contributed by atoms with Crippen molar-refractivity contribution in [3.05, 3.63) is 33.8 Å². The van der Waals surface area contributed by atoms with Crippen LogP contribution in [-0.2, 0) is 4.74 Å². The number of piperazine rings is 1. The molecule has 130 valence electrons. The van der Waals surface area contributed by atoms with Crippen LogP contribution in [0.1, 0.15) is 20.8 Å². The first kappa shape index (κ1) is 20.6. The summed E-state index contributed by atoms with van der Waals surface area (Å²) in [5.74, 6) is 0. The van der Waals surface area contributed by atoms with Gasteiger partial charge in [-0.1, -0.05) is 45.5 Å². The van der Waals surface area contributed by atoms with Crippen molar-refractivity contribution in [1.29, 1.82) is 0 Å². The van der Waals surface area contributed by atoms with Crippen molar-refractivity contribution in [2.24, 2.45) is 0 Å². The Bertz CT molecular complexity index is 486. The van der Waals surface area contributed by atoms with Gasteiger partial charge in [0.2, 0.25) is 0 Å². The monoisotopic (exact) mass is 422 g/mol. The van der Waals surface area contributed by atoms with Crippen LogP contribution in [0.4, 0.5) is 4.79 Å². The Morgan fingerprint density at radius 1 is 1.26 bits per heavy atom. The van der Waals surface area contributed by atoms with Crippen molar-refractivity contribution in [3.63, 3.8) is 0 Å². The highest BCUT2D eigenvalue weighted by molar-refractivity contribution is 9.10. The molecule has 1 amide bonds. The van der Waals surface area contributed by atoms with Crippen molar-refractivity contribution >= 4 is 45.6 Å². The van der Waals surface area contributed by atoms with Crippen LogP contribution < -0.4 is 0 Å². The van der Waals surface area contributed by atoms with Crippen molar-refractivity contribution in [3.8, 4) is 0 Å². The van der Waals surface area contributed by atoms with Crippen LogP contribution in [0, 0.1) is 0 Å². The Balaban J connectivity index is 0.000000277. The molecule has 0 unspecified atom stereocenters. The molecule has 1 fully saturated rings. The van der Waals surface area contributed by atoms with Gasteiger partial charge in [-0.05, 0) is 45.2 Å². The molecule has 23 heavy (non-hydrogen) atoms. The largest absolute Gasteiger partial charge is 0.444 e. The van der Waals surface area contributed by atoms with Crippen LogP contribution in [0.2, 0.25) is 5.02 Å². The fourth-order valence-electron chi connectivity index (χ4n) is 1.84. The van der Waals surface area contributed by atoms with E-state index in [9.17, 15) is 4.79 Å². The molecular weight excluding hydrogens is 400 g/mol. The lowest BCUT2D eigenvalue weighted by molar-refractivity contribution is 0.0198. The SMILES string of the molecule is CSN1CCN(C(=O)OC(C)(C)C)CC1.Clc1cccc(Br)c1. The second-order valence-corrected chi connectivity index (χ2v) is 8.25. The van der Waals surface area contributed by atoms with Gasteiger partial charge in [0.1, 0.15) is 5.60 Å². The smallest absolute Gasteiger partial charge is 0.410 e. The van der Waals surface area contributed by atoms with Crippen LogP contribution in [0.3, 0.4) is 0 Å². The number of ether oxygens (including phenoxy) is 1. The van der Waals surface area contributed by atoms with Gasteiger partial charge in [-0.25, -0.2) is 9.10 Å². The Morgan fingerprint density at radius 3 is 2.26 bits per heavy atom. The topological polar surface area (TPSA) is 32.8 Å². The van der Waals surface area contributed by atoms with Crippen LogP contribution in [-0.4, -0.2) is 53.3 Å². The van der Waals surface area contributed by atoms with E-state index in [1.165, 1.54) is 0 Å². The number of nitrogens with zero attached hydrogens (tertiary/aromatic N) is 2. The summed E-state index contributed by atoms with van der Waals surface area (Å²) in [6.07, 6.45) is 1.87. The zero-order chi connectivity index (χ0) is 17.5. The lowest BCUT2D eigenvalue weighted by Crippen LogP contribution is -2.47. The summed E-state index contributed by atoms with van der Waals surface area (Å²) in [6.45, 7) is 9.03. The van der Waals surface area contributed by atoms with E-state index in [1.807, 2.05) is 45.0 Å². The fourth-order valence-corrected chi connectivity index (χ4v) is 3.09. The predicted octanol–water partition coefficient (Wildman–Crippen LogP) is 4.92. The third-order valence-electron chi connectivity index (χ3n) is 2.94. The van der Waals surface area contributed by atoms with E-state index in [0.29, 0.717) is 0 Å². The van der Waals surface area contributed by atoms with E-state index in [1.54, 1.807) is 16.8 Å². The number of amides is 1. The summed E-state index contributed by atoms with van der Waals surface area (Å²) < 4.78 is 8.58. The molecule has 0 aromatic heterocycles. The van der Waals surface area contributed by atoms with Crippen LogP contribution in [0.5, 0.6) is 0 Å². The molecular formula is C16H24BrClN2O2S. The molecule has 7 heteroatoms. The van der Waals surface area contributed by atoms with Gasteiger partial charge in [0.05, 0.1) is 0 Å². The summed E-state index contributed by atoms with van der Waals surface area (Å²) in [5, 5.41) is 0.763. The Morgan fingerprint density at radius 2 is 1.87 bits per heavy atom. The number of hydrogen-bond donors (Lipinski definition) is 0. The molecule has 0 bridgehead atoms. The van der Waals surface area contributed by atoms with Crippen molar-refractivity contribution in [2.75, 3.05) is 32.4 Å². The Kier molecular flexibility index (Phi) is 8.75. The molecule has 1 aliphatic heterocycles. The first-order valence-corrected chi connectivity index (χ1v) is 9.74. The summed E-state index contributed by atoms with van der Waals surface area (Å²) in [4.78, 5) is 13.5. The van der Waals surface area contributed by atoms with Gasteiger partial charge in [-0.15, -0.1) is 0 Å². The van der Waals surface area contributed by atoms with Gasteiger partial charge < -0.3 is 9.64 Å². The lowest BCUT2D eigenvalue weighted by Gasteiger charge is -2.34. The Hall–Kier alpha value is -0.430. The number of halogens is 2. The van der Waals surface area contributed by atoms with Gasteiger partial charge in [-0.2, -0.15) is 0 Å². The molecule has 0 spiro atoms. The highest BCUT2D eigenvalue weighted by Crippen LogP contribution is 2.15. The minimum Gasteiger partial charge on any atom is -0.444 e. The summed E-state index contributed by atoms with van der Waals surface area (Å²) in [6, 6.07) is 7.52. The van der Waals surface area contributed by atoms with E-state index in [-0.39, 0.29) is 6.09 Å². The van der Waals surface area contributed by atoms with Crippen molar-refractivity contribution in [1.82, 2.24) is 9.21 Å². The van der Waals surface area contributed by atoms with E-state index in [4.69, 9.17) is 16.3 Å². The maximum absolute atomic E-state index is 11.7. The lowest BCUT2D eigenvalue weighted by atomic mass is 10.2. The molecule has 4 nitrogen and oxygen atoms in total. The first-order chi connectivity index (χ1) is 10.7. The maximum atomic E-state index is 11.7. The summed E-state index contributed by atoms with van der Waals surface area (Å²) in [7, 11) is 0. The standard InChI is InChI=1S/C10H20N2O2S.C6H4BrCl/c1-10(2,3)14-9(13)11-5-7-12(15-4)8-6-11;7-5-2-1-3-6(8)4-5/h5-8H2,1-4H3;1-4H. The minimum atomic E-state index is -0.395. The van der Waals surface area contributed by atoms with Gasteiger partial charge >= 0.3 is 6.09 Å². The maximum Gasteiger partial charge on any atom is 0.410 e. The molecule has 2 rings (SSSR count). The van der Waals surface area contributed by atoms with E-state index in [2.05, 4.69) is 26.5 Å². The zero-order valence-corrected chi connectivity index (χ0v) is 17.2. The molecule has 0 aliphatic carbocycles. The van der Waals surface area contributed by atoms with E-state index < -0.39 is 5.60 Å². The third-order valence-corrected chi connectivity index (χ3v) is 4.55. The number of carbonyl (C=O) groups is 1. The average Bonchev–Trinajstić information content (AvgIpc) is 2.46. The molecule has 0 atom stereocenters. The number of hydrogen-bond acceptors (Lipinski definition) is 4. The molecule has 0 radical (unpaired) electrons. The molecule has 1 aliphatic rings. The normalized spacial score (nSPS) is 15.7. The second kappa shape index (κ2) is 9.77. The molecule has 0 saturated carbocycles. The highest BCUT2D eigenvalue weighted by Gasteiger charge is 2.25. The quantitative estimate of drug-likeness (QED) is 0.600. The van der Waals surface area contributed by atoms with Crippen LogP contribution >= 0.6 is 39.5 Å². The number of carbonyl (C=O) groups excluding carboxylic acids is 1. The Labute approximate surface area is 156 Å². The first-order valence-electron chi connectivity index (χ1n) is 7.39. The third kappa shape index (κ3) is 8.84. The molecule has 1 heterocycles. The second-order valence-electron chi connectivity index (χ2n) is 6.02. The van der Waals surface area contributed by atoms with Crippen molar-refractivity contribution in [2.45, 2.75) is 26.4 Å². The van der Waals surface area contributed by atoms with E-state index in [0.717, 1.165) is 35.7 Å². The minimum absolute atomic E-state index is 0.191.